The first kappa shape index (κ1) is 15.5. The smallest absolute Gasteiger partial charge is 0.257 e. The minimum Gasteiger partial charge on any atom is -0.360 e. The number of aryl methyl sites for hydroxylation is 1. The summed E-state index contributed by atoms with van der Waals surface area (Å²) in [6.45, 7) is 3.52. The molecule has 0 radical (unpaired) electrons. The molecule has 5 nitrogen and oxygen atoms in total. The molecule has 1 aliphatic heterocycles. The van der Waals surface area contributed by atoms with Crippen LogP contribution in [0.1, 0.15) is 22.5 Å². The Kier molecular flexibility index (Phi) is 4.98. The van der Waals surface area contributed by atoms with Crippen molar-refractivity contribution in [2.75, 3.05) is 13.1 Å². The minimum absolute atomic E-state index is 0. The van der Waals surface area contributed by atoms with Crippen molar-refractivity contribution in [3.05, 3.63) is 41.7 Å². The maximum Gasteiger partial charge on any atom is 0.257 e. The lowest BCUT2D eigenvalue weighted by molar-refractivity contribution is 0.0939. The van der Waals surface area contributed by atoms with E-state index in [9.17, 15) is 4.79 Å². The molecule has 1 saturated heterocycles. The second kappa shape index (κ2) is 6.74. The topological polar surface area (TPSA) is 67.2 Å². The van der Waals surface area contributed by atoms with Crippen molar-refractivity contribution in [2.24, 2.45) is 0 Å². The van der Waals surface area contributed by atoms with Crippen LogP contribution in [0.4, 0.5) is 0 Å². The molecule has 6 heteroatoms. The first-order valence-corrected chi connectivity index (χ1v) is 6.79. The number of aromatic nitrogens is 1. The van der Waals surface area contributed by atoms with E-state index in [1.807, 2.05) is 30.3 Å². The Hall–Kier alpha value is -1.85. The molecule has 1 unspecified atom stereocenters. The molecule has 1 atom stereocenters. The van der Waals surface area contributed by atoms with Gasteiger partial charge in [0.05, 0.1) is 0 Å². The number of benzene rings is 1. The van der Waals surface area contributed by atoms with Gasteiger partial charge in [0.1, 0.15) is 17.0 Å². The average molecular weight is 308 g/mol. The van der Waals surface area contributed by atoms with Crippen molar-refractivity contribution in [3.8, 4) is 11.3 Å². The maximum absolute atomic E-state index is 12.4. The zero-order valence-corrected chi connectivity index (χ0v) is 12.6. The van der Waals surface area contributed by atoms with Crippen molar-refractivity contribution in [1.82, 2.24) is 15.8 Å². The van der Waals surface area contributed by atoms with Gasteiger partial charge >= 0.3 is 0 Å². The predicted octanol–water partition coefficient (Wildman–Crippen LogP) is 2.16. The highest BCUT2D eigenvalue weighted by molar-refractivity contribution is 6.00. The number of hydrogen-bond donors (Lipinski definition) is 2. The maximum atomic E-state index is 12.4. The zero-order chi connectivity index (χ0) is 13.9. The summed E-state index contributed by atoms with van der Waals surface area (Å²) >= 11 is 0. The number of carbonyl (C=O) groups is 1. The zero-order valence-electron chi connectivity index (χ0n) is 11.8. The van der Waals surface area contributed by atoms with E-state index >= 15 is 0 Å². The summed E-state index contributed by atoms with van der Waals surface area (Å²) in [6, 6.07) is 9.79. The Balaban J connectivity index is 0.00000161. The van der Waals surface area contributed by atoms with Crippen LogP contribution in [0.2, 0.25) is 0 Å². The van der Waals surface area contributed by atoms with E-state index in [1.165, 1.54) is 0 Å². The molecule has 1 aromatic heterocycles. The number of carbonyl (C=O) groups excluding carboxylic acids is 1. The summed E-state index contributed by atoms with van der Waals surface area (Å²) in [5.74, 6) is 0.434. The summed E-state index contributed by atoms with van der Waals surface area (Å²) in [6.07, 6.45) is 0.955. The Labute approximate surface area is 129 Å². The Morgan fingerprint density at radius 1 is 1.38 bits per heavy atom. The van der Waals surface area contributed by atoms with Gasteiger partial charge in [0, 0.05) is 18.2 Å². The lowest BCUT2D eigenvalue weighted by atomic mass is 10.1. The quantitative estimate of drug-likeness (QED) is 0.912. The van der Waals surface area contributed by atoms with Crippen molar-refractivity contribution >= 4 is 18.3 Å². The largest absolute Gasteiger partial charge is 0.360 e. The van der Waals surface area contributed by atoms with Gasteiger partial charge < -0.3 is 15.2 Å². The molecule has 2 aromatic rings. The number of nitrogens with zero attached hydrogens (tertiary/aromatic N) is 1. The molecular formula is C15H18ClN3O2. The van der Waals surface area contributed by atoms with Gasteiger partial charge in [0.15, 0.2) is 0 Å². The molecule has 112 valence electrons. The van der Waals surface area contributed by atoms with Crippen LogP contribution < -0.4 is 10.6 Å². The van der Waals surface area contributed by atoms with Crippen LogP contribution in [-0.4, -0.2) is 30.2 Å². The Morgan fingerprint density at radius 3 is 2.81 bits per heavy atom. The SMILES string of the molecule is Cc1onc(-c2ccccc2)c1C(=O)NC1CCNC1.Cl. The highest BCUT2D eigenvalue weighted by Crippen LogP contribution is 2.25. The van der Waals surface area contributed by atoms with E-state index in [1.54, 1.807) is 6.92 Å². The number of hydrogen-bond acceptors (Lipinski definition) is 4. The Morgan fingerprint density at radius 2 is 2.14 bits per heavy atom. The molecule has 0 bridgehead atoms. The minimum atomic E-state index is -0.115. The third-order valence-corrected chi connectivity index (χ3v) is 3.53. The van der Waals surface area contributed by atoms with Gasteiger partial charge in [0.2, 0.25) is 0 Å². The second-order valence-corrected chi connectivity index (χ2v) is 4.99. The standard InChI is InChI=1S/C15H17N3O2.ClH/c1-10-13(15(19)17-12-7-8-16-9-12)14(18-20-10)11-5-3-2-4-6-11;/h2-6,12,16H,7-9H2,1H3,(H,17,19);1H. The van der Waals surface area contributed by atoms with Crippen molar-refractivity contribution < 1.29 is 9.32 Å². The van der Waals surface area contributed by atoms with E-state index < -0.39 is 0 Å². The number of halogens is 1. The van der Waals surface area contributed by atoms with Gasteiger partial charge in [-0.15, -0.1) is 12.4 Å². The van der Waals surface area contributed by atoms with Crippen LogP contribution >= 0.6 is 12.4 Å². The summed E-state index contributed by atoms with van der Waals surface area (Å²) < 4.78 is 5.21. The van der Waals surface area contributed by atoms with Crippen LogP contribution in [0.25, 0.3) is 11.3 Å². The van der Waals surface area contributed by atoms with E-state index in [0.29, 0.717) is 17.0 Å². The fraction of sp³-hybridized carbons (Fsp3) is 0.333. The molecule has 21 heavy (non-hydrogen) atoms. The van der Waals surface area contributed by atoms with E-state index in [2.05, 4.69) is 15.8 Å². The average Bonchev–Trinajstić information content (AvgIpc) is 3.09. The van der Waals surface area contributed by atoms with E-state index in [-0.39, 0.29) is 24.4 Å². The molecule has 1 fully saturated rings. The van der Waals surface area contributed by atoms with Gasteiger partial charge in [0.25, 0.3) is 5.91 Å². The predicted molar refractivity (Wildman–Crippen MR) is 82.7 cm³/mol. The third kappa shape index (κ3) is 3.25. The molecule has 1 amide bonds. The molecule has 2 heterocycles. The van der Waals surface area contributed by atoms with Crippen molar-refractivity contribution in [2.45, 2.75) is 19.4 Å². The normalized spacial score (nSPS) is 17.3. The van der Waals surface area contributed by atoms with Gasteiger partial charge in [-0.3, -0.25) is 4.79 Å². The Bertz CT molecular complexity index is 607. The highest BCUT2D eigenvalue weighted by Gasteiger charge is 2.24. The highest BCUT2D eigenvalue weighted by atomic mass is 35.5. The van der Waals surface area contributed by atoms with Crippen molar-refractivity contribution in [3.63, 3.8) is 0 Å². The van der Waals surface area contributed by atoms with Crippen molar-refractivity contribution in [1.29, 1.82) is 0 Å². The van der Waals surface area contributed by atoms with Gasteiger partial charge in [-0.1, -0.05) is 35.5 Å². The van der Waals surface area contributed by atoms with Crippen LogP contribution in [0.3, 0.4) is 0 Å². The van der Waals surface area contributed by atoms with Crippen LogP contribution in [0, 0.1) is 6.92 Å². The summed E-state index contributed by atoms with van der Waals surface area (Å²) in [5.41, 5.74) is 2.02. The molecule has 0 saturated carbocycles. The van der Waals surface area contributed by atoms with Crippen LogP contribution in [-0.2, 0) is 0 Å². The molecule has 0 spiro atoms. The second-order valence-electron chi connectivity index (χ2n) is 4.99. The molecule has 2 N–H and O–H groups in total. The molecule has 0 aliphatic carbocycles. The molecule has 3 rings (SSSR count). The molecule has 1 aromatic carbocycles. The van der Waals surface area contributed by atoms with Crippen LogP contribution in [0.15, 0.2) is 34.9 Å². The molecular weight excluding hydrogens is 290 g/mol. The summed E-state index contributed by atoms with van der Waals surface area (Å²) in [7, 11) is 0. The summed E-state index contributed by atoms with van der Waals surface area (Å²) in [4.78, 5) is 12.4. The first-order valence-electron chi connectivity index (χ1n) is 6.79. The number of amides is 1. The first-order chi connectivity index (χ1) is 9.75. The van der Waals surface area contributed by atoms with E-state index in [0.717, 1.165) is 25.1 Å². The number of nitrogens with one attached hydrogen (secondary N) is 2. The lowest BCUT2D eigenvalue weighted by Crippen LogP contribution is -2.36. The lowest BCUT2D eigenvalue weighted by Gasteiger charge is -2.11. The monoisotopic (exact) mass is 307 g/mol. The summed E-state index contributed by atoms with van der Waals surface area (Å²) in [5, 5.41) is 10.3. The third-order valence-electron chi connectivity index (χ3n) is 3.53. The van der Waals surface area contributed by atoms with Gasteiger partial charge in [-0.25, -0.2) is 0 Å². The number of rotatable bonds is 3. The van der Waals surface area contributed by atoms with Gasteiger partial charge in [-0.05, 0) is 19.9 Å². The van der Waals surface area contributed by atoms with Crippen LogP contribution in [0.5, 0.6) is 0 Å². The van der Waals surface area contributed by atoms with Gasteiger partial charge in [-0.2, -0.15) is 0 Å². The van der Waals surface area contributed by atoms with E-state index in [4.69, 9.17) is 4.52 Å². The molecule has 1 aliphatic rings. The fourth-order valence-corrected chi connectivity index (χ4v) is 2.47. The fourth-order valence-electron chi connectivity index (χ4n) is 2.47.